The largest absolute Gasteiger partial charge is 0.456 e. The maximum absolute atomic E-state index is 12.2. The van der Waals surface area contributed by atoms with Crippen LogP contribution in [-0.2, 0) is 4.74 Å². The van der Waals surface area contributed by atoms with Gasteiger partial charge in [0, 0.05) is 18.1 Å². The first-order valence-electron chi connectivity index (χ1n) is 7.43. The lowest BCUT2D eigenvalue weighted by Crippen LogP contribution is -2.37. The van der Waals surface area contributed by atoms with E-state index >= 15 is 0 Å². The summed E-state index contributed by atoms with van der Waals surface area (Å²) in [6, 6.07) is 5.50. The van der Waals surface area contributed by atoms with Crippen molar-refractivity contribution in [1.29, 1.82) is 0 Å². The van der Waals surface area contributed by atoms with Gasteiger partial charge in [0.25, 0.3) is 5.69 Å². The highest BCUT2D eigenvalue weighted by molar-refractivity contribution is 5.89. The van der Waals surface area contributed by atoms with Crippen LogP contribution in [-0.4, -0.2) is 16.5 Å². The Morgan fingerprint density at radius 1 is 1.32 bits per heavy atom. The van der Waals surface area contributed by atoms with Gasteiger partial charge in [-0.1, -0.05) is 11.6 Å². The van der Waals surface area contributed by atoms with Gasteiger partial charge in [-0.25, -0.2) is 4.79 Å². The number of benzene rings is 1. The minimum atomic E-state index is -0.559. The maximum atomic E-state index is 12.2. The molecule has 0 aromatic heterocycles. The lowest BCUT2D eigenvalue weighted by Gasteiger charge is -2.35. The predicted molar refractivity (Wildman–Crippen MR) is 83.7 cm³/mol. The van der Waals surface area contributed by atoms with Crippen LogP contribution in [0.25, 0.3) is 0 Å². The number of nitro groups is 1. The molecule has 2 rings (SSSR count). The number of esters is 1. The molecule has 0 spiro atoms. The number of allylic oxidation sites excluding steroid dienone is 2. The van der Waals surface area contributed by atoms with E-state index < -0.39 is 16.5 Å². The van der Waals surface area contributed by atoms with Crippen molar-refractivity contribution in [3.05, 3.63) is 51.6 Å². The lowest BCUT2D eigenvalue weighted by molar-refractivity contribution is -0.384. The summed E-state index contributed by atoms with van der Waals surface area (Å²) in [4.78, 5) is 22.4. The van der Waals surface area contributed by atoms with Crippen LogP contribution in [0.1, 0.15) is 50.4 Å². The highest BCUT2D eigenvalue weighted by atomic mass is 16.6. The number of nitro benzene ring substituents is 1. The molecule has 1 aliphatic carbocycles. The molecule has 1 aromatic rings. The van der Waals surface area contributed by atoms with E-state index in [0.717, 1.165) is 19.3 Å². The molecule has 0 heterocycles. The van der Waals surface area contributed by atoms with E-state index in [0.29, 0.717) is 5.56 Å². The van der Waals surface area contributed by atoms with Crippen LogP contribution in [0.15, 0.2) is 35.9 Å². The first-order chi connectivity index (χ1) is 10.3. The molecule has 0 fully saturated rings. The molecular formula is C17H21NO4. The Labute approximate surface area is 130 Å². The van der Waals surface area contributed by atoms with Crippen LogP contribution >= 0.6 is 0 Å². The molecule has 5 heteroatoms. The van der Waals surface area contributed by atoms with Crippen molar-refractivity contribution in [2.75, 3.05) is 0 Å². The number of hydrogen-bond donors (Lipinski definition) is 0. The molecule has 0 N–H and O–H groups in total. The standard InChI is InChI=1S/C17H21NO4/c1-12-4-8-14(9-5-12)17(2,3)22-16(19)13-6-10-15(11-7-13)18(20)21/h4,6-7,10-11,14H,5,8-9H2,1-3H3/t14-/m1/s1. The molecule has 0 aliphatic heterocycles. The molecule has 0 radical (unpaired) electrons. The average molecular weight is 303 g/mol. The Morgan fingerprint density at radius 3 is 2.45 bits per heavy atom. The minimum absolute atomic E-state index is 0.0382. The van der Waals surface area contributed by atoms with Crippen molar-refractivity contribution in [2.24, 2.45) is 5.92 Å². The summed E-state index contributed by atoms with van der Waals surface area (Å²) in [5.41, 5.74) is 1.12. The normalized spacial score (nSPS) is 18.5. The Morgan fingerprint density at radius 2 is 1.95 bits per heavy atom. The number of carbonyl (C=O) groups excluding carboxylic acids is 1. The van der Waals surface area contributed by atoms with Crippen molar-refractivity contribution in [1.82, 2.24) is 0 Å². The molecular weight excluding hydrogens is 282 g/mol. The Kier molecular flexibility index (Phi) is 4.64. The SMILES string of the molecule is CC1=CC[C@@H](C(C)(C)OC(=O)c2ccc([N+](=O)[O-])cc2)CC1. The highest BCUT2D eigenvalue weighted by Crippen LogP contribution is 2.34. The summed E-state index contributed by atoms with van der Waals surface area (Å²) < 4.78 is 5.66. The van der Waals surface area contributed by atoms with Gasteiger partial charge in [0.2, 0.25) is 0 Å². The second-order valence-corrected chi connectivity index (χ2v) is 6.32. The first-order valence-corrected chi connectivity index (χ1v) is 7.43. The van der Waals surface area contributed by atoms with Crippen molar-refractivity contribution < 1.29 is 14.5 Å². The van der Waals surface area contributed by atoms with Crippen molar-refractivity contribution in [3.63, 3.8) is 0 Å². The predicted octanol–water partition coefficient (Wildman–Crippen LogP) is 4.28. The maximum Gasteiger partial charge on any atom is 0.338 e. The molecule has 118 valence electrons. The summed E-state index contributed by atoms with van der Waals surface area (Å²) >= 11 is 0. The van der Waals surface area contributed by atoms with E-state index in [-0.39, 0.29) is 11.6 Å². The Bertz CT molecular complexity index is 602. The molecule has 0 saturated carbocycles. The van der Waals surface area contributed by atoms with Gasteiger partial charge >= 0.3 is 5.97 Å². The van der Waals surface area contributed by atoms with Crippen molar-refractivity contribution >= 4 is 11.7 Å². The number of ether oxygens (including phenoxy) is 1. The summed E-state index contributed by atoms with van der Waals surface area (Å²) in [6.45, 7) is 5.97. The van der Waals surface area contributed by atoms with Gasteiger partial charge in [-0.05, 0) is 52.2 Å². The summed E-state index contributed by atoms with van der Waals surface area (Å²) in [5.74, 6) is -0.149. The third kappa shape index (κ3) is 3.72. The summed E-state index contributed by atoms with van der Waals surface area (Å²) in [6.07, 6.45) is 5.15. The number of non-ortho nitro benzene ring substituents is 1. The second kappa shape index (κ2) is 6.30. The van der Waals surface area contributed by atoms with Gasteiger partial charge in [-0.2, -0.15) is 0 Å². The number of hydrogen-bond acceptors (Lipinski definition) is 4. The van der Waals surface area contributed by atoms with E-state index in [1.807, 2.05) is 13.8 Å². The molecule has 0 saturated heterocycles. The summed E-state index contributed by atoms with van der Waals surface area (Å²) in [5, 5.41) is 10.6. The minimum Gasteiger partial charge on any atom is -0.456 e. The van der Waals surface area contributed by atoms with Crippen LogP contribution < -0.4 is 0 Å². The fraction of sp³-hybridized carbons (Fsp3) is 0.471. The molecule has 1 atom stereocenters. The average Bonchev–Trinajstić information content (AvgIpc) is 2.47. The van der Waals surface area contributed by atoms with E-state index in [1.165, 1.54) is 29.8 Å². The van der Waals surface area contributed by atoms with Gasteiger partial charge in [-0.15, -0.1) is 0 Å². The molecule has 1 aliphatic rings. The molecule has 0 unspecified atom stereocenters. The van der Waals surface area contributed by atoms with Crippen LogP contribution in [0, 0.1) is 16.0 Å². The monoisotopic (exact) mass is 303 g/mol. The molecule has 22 heavy (non-hydrogen) atoms. The van der Waals surface area contributed by atoms with Gasteiger partial charge < -0.3 is 4.74 Å². The Balaban J connectivity index is 2.05. The zero-order valence-corrected chi connectivity index (χ0v) is 13.2. The second-order valence-electron chi connectivity index (χ2n) is 6.32. The van der Waals surface area contributed by atoms with Gasteiger partial charge in [0.15, 0.2) is 0 Å². The van der Waals surface area contributed by atoms with Gasteiger partial charge in [0.05, 0.1) is 10.5 Å². The van der Waals surface area contributed by atoms with Crippen molar-refractivity contribution in [3.8, 4) is 0 Å². The molecule has 1 aromatic carbocycles. The first kappa shape index (κ1) is 16.2. The number of carbonyl (C=O) groups is 1. The van der Waals surface area contributed by atoms with Crippen LogP contribution in [0.5, 0.6) is 0 Å². The zero-order chi connectivity index (χ0) is 16.3. The van der Waals surface area contributed by atoms with Crippen LogP contribution in [0.4, 0.5) is 5.69 Å². The molecule has 5 nitrogen and oxygen atoms in total. The van der Waals surface area contributed by atoms with Crippen molar-refractivity contribution in [2.45, 2.75) is 45.6 Å². The quantitative estimate of drug-likeness (QED) is 0.360. The van der Waals surface area contributed by atoms with E-state index in [9.17, 15) is 14.9 Å². The van der Waals surface area contributed by atoms with Gasteiger partial charge in [0.1, 0.15) is 5.60 Å². The molecule has 0 amide bonds. The zero-order valence-electron chi connectivity index (χ0n) is 13.2. The Hall–Kier alpha value is -2.17. The van der Waals surface area contributed by atoms with Gasteiger partial charge in [-0.3, -0.25) is 10.1 Å². The third-order valence-corrected chi connectivity index (χ3v) is 4.29. The lowest BCUT2D eigenvalue weighted by atomic mass is 9.79. The highest BCUT2D eigenvalue weighted by Gasteiger charge is 2.34. The van der Waals surface area contributed by atoms with Crippen LogP contribution in [0.3, 0.4) is 0 Å². The number of nitrogens with zero attached hydrogens (tertiary/aromatic N) is 1. The van der Waals surface area contributed by atoms with Crippen LogP contribution in [0.2, 0.25) is 0 Å². The number of rotatable bonds is 4. The third-order valence-electron chi connectivity index (χ3n) is 4.29. The smallest absolute Gasteiger partial charge is 0.338 e. The van der Waals surface area contributed by atoms with E-state index in [2.05, 4.69) is 13.0 Å². The van der Waals surface area contributed by atoms with E-state index in [1.54, 1.807) is 0 Å². The molecule has 0 bridgehead atoms. The summed E-state index contributed by atoms with van der Waals surface area (Å²) in [7, 11) is 0. The fourth-order valence-corrected chi connectivity index (χ4v) is 2.70. The van der Waals surface area contributed by atoms with E-state index in [4.69, 9.17) is 4.74 Å². The topological polar surface area (TPSA) is 69.4 Å². The fourth-order valence-electron chi connectivity index (χ4n) is 2.70.